The van der Waals surface area contributed by atoms with Crippen LogP contribution in [0.15, 0.2) is 48.5 Å². The van der Waals surface area contributed by atoms with E-state index in [1.807, 2.05) is 0 Å². The summed E-state index contributed by atoms with van der Waals surface area (Å²) in [5, 5.41) is 2.35. The predicted octanol–water partition coefficient (Wildman–Crippen LogP) is 12.0. The van der Waals surface area contributed by atoms with E-state index in [-0.39, 0.29) is 0 Å². The number of hydrogen-bond acceptors (Lipinski definition) is 4. The Morgan fingerprint density at radius 1 is 0.386 bits per heavy atom. The summed E-state index contributed by atoms with van der Waals surface area (Å²) in [6.45, 7) is 4.59. The standard InChI is InChI=1S/C40H54N4/c1-3-5-7-9-11-13-15-17-19-23-31-27-35-36(28-32(31)24-20-18-16-14-12-10-8-6-4-2)42-40-39(41-35)43-37-29-33-25-21-22-26-34(33)30-38(37)44-40/h21-22,25-30H,3-20,23-24H2,1-2H3. The lowest BCUT2D eigenvalue weighted by Crippen LogP contribution is -2.00. The molecule has 5 rings (SSSR count). The van der Waals surface area contributed by atoms with E-state index in [2.05, 4.69) is 62.4 Å². The molecule has 0 saturated carbocycles. The average molecular weight is 591 g/mol. The summed E-state index contributed by atoms with van der Waals surface area (Å²) >= 11 is 0. The molecule has 2 heterocycles. The monoisotopic (exact) mass is 590 g/mol. The van der Waals surface area contributed by atoms with Crippen molar-refractivity contribution in [1.82, 2.24) is 19.9 Å². The number of nitrogens with zero attached hydrogens (tertiary/aromatic N) is 4. The molecule has 0 unspecified atom stereocenters. The van der Waals surface area contributed by atoms with Crippen molar-refractivity contribution in [2.45, 2.75) is 142 Å². The molecule has 2 aromatic heterocycles. The zero-order valence-electron chi connectivity index (χ0n) is 27.5. The van der Waals surface area contributed by atoms with Crippen LogP contribution in [-0.2, 0) is 12.8 Å². The van der Waals surface area contributed by atoms with Crippen LogP contribution >= 0.6 is 0 Å². The van der Waals surface area contributed by atoms with Gasteiger partial charge in [0, 0.05) is 0 Å². The highest BCUT2D eigenvalue weighted by Gasteiger charge is 2.12. The van der Waals surface area contributed by atoms with Crippen LogP contribution in [0, 0.1) is 0 Å². The van der Waals surface area contributed by atoms with Gasteiger partial charge in [0.1, 0.15) is 0 Å². The Morgan fingerprint density at radius 2 is 0.705 bits per heavy atom. The van der Waals surface area contributed by atoms with Crippen molar-refractivity contribution < 1.29 is 0 Å². The Bertz CT molecular complexity index is 1490. The molecule has 0 saturated heterocycles. The van der Waals surface area contributed by atoms with Gasteiger partial charge in [0.25, 0.3) is 0 Å². The van der Waals surface area contributed by atoms with Crippen LogP contribution in [-0.4, -0.2) is 19.9 Å². The maximum Gasteiger partial charge on any atom is 0.199 e. The first kappa shape index (κ1) is 32.3. The van der Waals surface area contributed by atoms with E-state index in [1.165, 1.54) is 137 Å². The lowest BCUT2D eigenvalue weighted by Gasteiger charge is -2.12. The third-order valence-corrected chi connectivity index (χ3v) is 9.34. The number of hydrogen-bond donors (Lipinski definition) is 0. The van der Waals surface area contributed by atoms with Gasteiger partial charge in [-0.3, -0.25) is 0 Å². The van der Waals surface area contributed by atoms with Crippen LogP contribution in [0.4, 0.5) is 0 Å². The van der Waals surface area contributed by atoms with Crippen molar-refractivity contribution in [1.29, 1.82) is 0 Å². The predicted molar refractivity (Wildman–Crippen MR) is 190 cm³/mol. The summed E-state index contributed by atoms with van der Waals surface area (Å²) in [7, 11) is 0. The molecular formula is C40H54N4. The van der Waals surface area contributed by atoms with Crippen molar-refractivity contribution in [3.63, 3.8) is 0 Å². The van der Waals surface area contributed by atoms with Gasteiger partial charge in [-0.25, -0.2) is 19.9 Å². The second-order valence-electron chi connectivity index (χ2n) is 13.0. The van der Waals surface area contributed by atoms with Crippen LogP contribution in [0.5, 0.6) is 0 Å². The number of fused-ring (bicyclic) bond motifs is 4. The first-order valence-electron chi connectivity index (χ1n) is 18.0. The Kier molecular flexibility index (Phi) is 12.7. The molecular weight excluding hydrogens is 536 g/mol. The summed E-state index contributed by atoms with van der Waals surface area (Å²) < 4.78 is 0. The molecule has 0 amide bonds. The maximum atomic E-state index is 5.02. The summed E-state index contributed by atoms with van der Waals surface area (Å²) in [5.41, 5.74) is 7.87. The molecule has 0 N–H and O–H groups in total. The molecule has 0 bridgehead atoms. The van der Waals surface area contributed by atoms with E-state index in [0.29, 0.717) is 11.3 Å². The van der Waals surface area contributed by atoms with Gasteiger partial charge >= 0.3 is 0 Å². The topological polar surface area (TPSA) is 51.6 Å². The fraction of sp³-hybridized carbons (Fsp3) is 0.550. The van der Waals surface area contributed by atoms with Crippen molar-refractivity contribution in [3.05, 3.63) is 59.7 Å². The number of rotatable bonds is 20. The largest absolute Gasteiger partial charge is 0.224 e. The summed E-state index contributed by atoms with van der Waals surface area (Å²) in [6.07, 6.45) is 26.7. The Hall–Kier alpha value is -3.14. The zero-order valence-corrected chi connectivity index (χ0v) is 27.5. The minimum atomic E-state index is 0.640. The van der Waals surface area contributed by atoms with Crippen molar-refractivity contribution >= 4 is 44.1 Å². The molecule has 5 aromatic rings. The van der Waals surface area contributed by atoms with E-state index in [0.717, 1.165) is 34.9 Å². The van der Waals surface area contributed by atoms with Crippen LogP contribution in [0.3, 0.4) is 0 Å². The van der Waals surface area contributed by atoms with E-state index in [4.69, 9.17) is 19.9 Å². The van der Waals surface area contributed by atoms with E-state index in [9.17, 15) is 0 Å². The molecule has 0 atom stereocenters. The van der Waals surface area contributed by atoms with Crippen molar-refractivity contribution in [2.75, 3.05) is 0 Å². The third kappa shape index (κ3) is 9.19. The van der Waals surface area contributed by atoms with Gasteiger partial charge < -0.3 is 0 Å². The summed E-state index contributed by atoms with van der Waals surface area (Å²) in [5.74, 6) is 0. The molecule has 0 aliphatic carbocycles. The van der Waals surface area contributed by atoms with Gasteiger partial charge in [0.2, 0.25) is 0 Å². The first-order chi connectivity index (χ1) is 21.7. The third-order valence-electron chi connectivity index (χ3n) is 9.34. The highest BCUT2D eigenvalue weighted by molar-refractivity contribution is 5.97. The van der Waals surface area contributed by atoms with Gasteiger partial charge in [-0.2, -0.15) is 0 Å². The molecule has 234 valence electrons. The van der Waals surface area contributed by atoms with Crippen molar-refractivity contribution in [3.8, 4) is 0 Å². The van der Waals surface area contributed by atoms with E-state index < -0.39 is 0 Å². The van der Waals surface area contributed by atoms with Crippen LogP contribution in [0.1, 0.15) is 141 Å². The molecule has 0 aliphatic rings. The number of benzene rings is 3. The van der Waals surface area contributed by atoms with Gasteiger partial charge in [-0.1, -0.05) is 141 Å². The fourth-order valence-electron chi connectivity index (χ4n) is 6.66. The maximum absolute atomic E-state index is 5.02. The van der Waals surface area contributed by atoms with Crippen LogP contribution < -0.4 is 0 Å². The fourth-order valence-corrected chi connectivity index (χ4v) is 6.66. The number of aryl methyl sites for hydroxylation is 2. The van der Waals surface area contributed by atoms with Crippen LogP contribution in [0.25, 0.3) is 44.1 Å². The summed E-state index contributed by atoms with van der Waals surface area (Å²) in [6, 6.07) is 17.3. The SMILES string of the molecule is CCCCCCCCCCCc1cc2nc3nc4cc5ccccc5cc4nc3nc2cc1CCCCCCCCCCC. The van der Waals surface area contributed by atoms with Gasteiger partial charge in [-0.15, -0.1) is 0 Å². The molecule has 4 heteroatoms. The first-order valence-corrected chi connectivity index (χ1v) is 18.0. The average Bonchev–Trinajstić information content (AvgIpc) is 3.04. The second kappa shape index (κ2) is 17.4. The van der Waals surface area contributed by atoms with Gasteiger partial charge in [0.15, 0.2) is 11.3 Å². The van der Waals surface area contributed by atoms with Gasteiger partial charge in [-0.05, 0) is 71.8 Å². The molecule has 3 aromatic carbocycles. The van der Waals surface area contributed by atoms with Gasteiger partial charge in [0.05, 0.1) is 22.1 Å². The number of unbranched alkanes of at least 4 members (excludes halogenated alkanes) is 16. The smallest absolute Gasteiger partial charge is 0.199 e. The molecule has 4 nitrogen and oxygen atoms in total. The van der Waals surface area contributed by atoms with Crippen molar-refractivity contribution in [2.24, 2.45) is 0 Å². The molecule has 0 spiro atoms. The Morgan fingerprint density at radius 3 is 1.07 bits per heavy atom. The lowest BCUT2D eigenvalue weighted by atomic mass is 9.95. The summed E-state index contributed by atoms with van der Waals surface area (Å²) in [4.78, 5) is 19.9. The van der Waals surface area contributed by atoms with E-state index in [1.54, 1.807) is 0 Å². The molecule has 0 fully saturated rings. The zero-order chi connectivity index (χ0) is 30.4. The van der Waals surface area contributed by atoms with E-state index >= 15 is 0 Å². The Labute approximate surface area is 265 Å². The minimum absolute atomic E-state index is 0.640. The normalized spacial score (nSPS) is 11.9. The second-order valence-corrected chi connectivity index (χ2v) is 13.0. The lowest BCUT2D eigenvalue weighted by molar-refractivity contribution is 0.561. The molecule has 0 aliphatic heterocycles. The minimum Gasteiger partial charge on any atom is -0.224 e. The highest BCUT2D eigenvalue weighted by Crippen LogP contribution is 2.26. The quantitative estimate of drug-likeness (QED) is 0.0668. The highest BCUT2D eigenvalue weighted by atomic mass is 15.0. The Balaban J connectivity index is 1.29. The number of aromatic nitrogens is 4. The molecule has 44 heavy (non-hydrogen) atoms. The molecule has 0 radical (unpaired) electrons. The van der Waals surface area contributed by atoms with Crippen LogP contribution in [0.2, 0.25) is 0 Å².